The third kappa shape index (κ3) is 5.05. The SMILES string of the molecule is CO[C@H]1CN(c2cc(F)c(S(=O)(=O)Nc3cccc(F)n3)c(F)c2Cl)C[C@@H]1CN(C)C. The van der Waals surface area contributed by atoms with Crippen LogP contribution >= 0.6 is 11.6 Å². The quantitative estimate of drug-likeness (QED) is 0.487. The van der Waals surface area contributed by atoms with Crippen molar-refractivity contribution >= 4 is 33.1 Å². The van der Waals surface area contributed by atoms with Gasteiger partial charge in [0, 0.05) is 38.7 Å². The first-order valence-electron chi connectivity index (χ1n) is 9.28. The van der Waals surface area contributed by atoms with Crippen LogP contribution in [0.4, 0.5) is 24.7 Å². The molecule has 170 valence electrons. The molecule has 12 heteroatoms. The summed E-state index contributed by atoms with van der Waals surface area (Å²) in [5.41, 5.74) is 0.0304. The van der Waals surface area contributed by atoms with E-state index in [1.807, 2.05) is 23.7 Å². The summed E-state index contributed by atoms with van der Waals surface area (Å²) in [7, 11) is 0.606. The van der Waals surface area contributed by atoms with Crippen molar-refractivity contribution < 1.29 is 26.3 Å². The molecule has 1 aliphatic rings. The normalized spacial score (nSPS) is 19.3. The van der Waals surface area contributed by atoms with Crippen LogP contribution in [0.2, 0.25) is 5.02 Å². The number of halogens is 4. The van der Waals surface area contributed by atoms with Crippen LogP contribution in [0.25, 0.3) is 0 Å². The average Bonchev–Trinajstić information content (AvgIpc) is 3.06. The summed E-state index contributed by atoms with van der Waals surface area (Å²) in [6, 6.07) is 4.22. The lowest BCUT2D eigenvalue weighted by atomic mass is 10.1. The molecule has 7 nitrogen and oxygen atoms in total. The zero-order valence-corrected chi connectivity index (χ0v) is 18.6. The zero-order valence-electron chi connectivity index (χ0n) is 17.1. The molecular formula is C19H22ClF3N4O3S. The summed E-state index contributed by atoms with van der Waals surface area (Å²) >= 11 is 6.13. The maximum absolute atomic E-state index is 15.0. The van der Waals surface area contributed by atoms with Crippen LogP contribution in [0.5, 0.6) is 0 Å². The van der Waals surface area contributed by atoms with Crippen molar-refractivity contribution in [2.24, 2.45) is 5.92 Å². The van der Waals surface area contributed by atoms with E-state index in [0.29, 0.717) is 19.6 Å². The number of anilines is 2. The fourth-order valence-electron chi connectivity index (χ4n) is 3.65. The first kappa shape index (κ1) is 23.6. The Labute approximate surface area is 183 Å². The molecule has 2 aromatic rings. The summed E-state index contributed by atoms with van der Waals surface area (Å²) in [5, 5.41) is -0.533. The highest BCUT2D eigenvalue weighted by Crippen LogP contribution is 2.37. The Morgan fingerprint density at radius 2 is 2.00 bits per heavy atom. The smallest absolute Gasteiger partial charge is 0.268 e. The lowest BCUT2D eigenvalue weighted by molar-refractivity contribution is 0.0733. The van der Waals surface area contributed by atoms with Crippen LogP contribution in [-0.4, -0.2) is 65.2 Å². The van der Waals surface area contributed by atoms with E-state index in [9.17, 15) is 21.6 Å². The number of methoxy groups -OCH3 is 1. The molecule has 0 bridgehead atoms. The van der Waals surface area contributed by atoms with Crippen LogP contribution in [0, 0.1) is 23.5 Å². The number of hydrogen-bond acceptors (Lipinski definition) is 6. The molecule has 1 saturated heterocycles. The maximum atomic E-state index is 15.0. The maximum Gasteiger partial charge on any atom is 0.268 e. The van der Waals surface area contributed by atoms with Gasteiger partial charge in [0.25, 0.3) is 10.0 Å². The lowest BCUT2D eigenvalue weighted by Gasteiger charge is -2.22. The number of benzene rings is 1. The van der Waals surface area contributed by atoms with Gasteiger partial charge in [0.1, 0.15) is 16.7 Å². The fraction of sp³-hybridized carbons (Fsp3) is 0.421. The zero-order chi connectivity index (χ0) is 22.9. The second-order valence-electron chi connectivity index (χ2n) is 7.49. The van der Waals surface area contributed by atoms with Crippen molar-refractivity contribution in [2.45, 2.75) is 11.0 Å². The number of nitrogens with one attached hydrogen (secondary N) is 1. The highest BCUT2D eigenvalue weighted by Gasteiger charge is 2.36. The fourth-order valence-corrected chi connectivity index (χ4v) is 5.11. The van der Waals surface area contributed by atoms with E-state index in [0.717, 1.165) is 18.2 Å². The third-order valence-electron chi connectivity index (χ3n) is 4.94. The van der Waals surface area contributed by atoms with Gasteiger partial charge in [-0.3, -0.25) is 4.72 Å². The van der Waals surface area contributed by atoms with Gasteiger partial charge in [0.2, 0.25) is 5.95 Å². The average molecular weight is 479 g/mol. The number of pyridine rings is 1. The highest BCUT2D eigenvalue weighted by atomic mass is 35.5. The van der Waals surface area contributed by atoms with E-state index < -0.39 is 43.3 Å². The predicted molar refractivity (Wildman–Crippen MR) is 111 cm³/mol. The van der Waals surface area contributed by atoms with Gasteiger partial charge in [-0.2, -0.15) is 4.39 Å². The molecule has 0 unspecified atom stereocenters. The monoisotopic (exact) mass is 478 g/mol. The number of ether oxygens (including phenoxy) is 1. The van der Waals surface area contributed by atoms with Crippen molar-refractivity contribution in [1.29, 1.82) is 0 Å². The summed E-state index contributed by atoms with van der Waals surface area (Å²) in [4.78, 5) is 5.71. The molecule has 2 heterocycles. The molecular weight excluding hydrogens is 457 g/mol. The van der Waals surface area contributed by atoms with Crippen molar-refractivity contribution in [1.82, 2.24) is 9.88 Å². The molecule has 2 atom stereocenters. The van der Waals surface area contributed by atoms with Crippen LogP contribution in [0.3, 0.4) is 0 Å². The van der Waals surface area contributed by atoms with Crippen LogP contribution in [0.1, 0.15) is 0 Å². The minimum atomic E-state index is -4.76. The minimum absolute atomic E-state index is 0.0304. The number of hydrogen-bond donors (Lipinski definition) is 1. The Kier molecular flexibility index (Phi) is 6.99. The van der Waals surface area contributed by atoms with E-state index in [1.165, 1.54) is 6.07 Å². The second-order valence-corrected chi connectivity index (χ2v) is 9.48. The van der Waals surface area contributed by atoms with Crippen molar-refractivity contribution in [3.05, 3.63) is 46.9 Å². The van der Waals surface area contributed by atoms with Crippen molar-refractivity contribution in [3.8, 4) is 0 Å². The van der Waals surface area contributed by atoms with Crippen LogP contribution in [0.15, 0.2) is 29.2 Å². The van der Waals surface area contributed by atoms with E-state index >= 15 is 0 Å². The molecule has 0 spiro atoms. The van der Waals surface area contributed by atoms with Gasteiger partial charge in [-0.25, -0.2) is 22.2 Å². The summed E-state index contributed by atoms with van der Waals surface area (Å²) < 4.78 is 75.5. The molecule has 1 aliphatic heterocycles. The molecule has 0 amide bonds. The highest BCUT2D eigenvalue weighted by molar-refractivity contribution is 7.92. The molecule has 3 rings (SSSR count). The molecule has 1 fully saturated rings. The van der Waals surface area contributed by atoms with Gasteiger partial charge in [0.05, 0.1) is 11.8 Å². The van der Waals surface area contributed by atoms with Gasteiger partial charge in [-0.1, -0.05) is 17.7 Å². The van der Waals surface area contributed by atoms with E-state index in [-0.39, 0.29) is 17.7 Å². The summed E-state index contributed by atoms with van der Waals surface area (Å²) in [6.07, 6.45) is -0.186. The summed E-state index contributed by atoms with van der Waals surface area (Å²) in [6.45, 7) is 1.45. The Morgan fingerprint density at radius 3 is 2.61 bits per heavy atom. The van der Waals surface area contributed by atoms with Gasteiger partial charge < -0.3 is 14.5 Å². The Bertz CT molecular complexity index is 1070. The summed E-state index contributed by atoms with van der Waals surface area (Å²) in [5.74, 6) is -4.08. The second kappa shape index (κ2) is 9.19. The first-order valence-corrected chi connectivity index (χ1v) is 11.1. The standard InChI is InChI=1S/C19H22ClF3N4O3S/c1-26(2)8-11-9-27(10-14(11)30-3)13-7-12(21)19(18(23)17(13)20)31(28,29)25-16-6-4-5-15(22)24-16/h4-7,11,14H,8-10H2,1-3H3,(H,24,25)/t11-,14-/m0/s1. The third-order valence-corrected chi connectivity index (χ3v) is 6.69. The molecule has 31 heavy (non-hydrogen) atoms. The topological polar surface area (TPSA) is 74.8 Å². The molecule has 0 aliphatic carbocycles. The Morgan fingerprint density at radius 1 is 1.29 bits per heavy atom. The van der Waals surface area contributed by atoms with E-state index in [1.54, 1.807) is 12.0 Å². The minimum Gasteiger partial charge on any atom is -0.379 e. The van der Waals surface area contributed by atoms with Crippen molar-refractivity contribution in [2.75, 3.05) is 50.5 Å². The molecule has 0 radical (unpaired) electrons. The molecule has 1 aromatic heterocycles. The van der Waals surface area contributed by atoms with Gasteiger partial charge >= 0.3 is 0 Å². The lowest BCUT2D eigenvalue weighted by Crippen LogP contribution is -2.30. The van der Waals surface area contributed by atoms with Crippen LogP contribution in [-0.2, 0) is 14.8 Å². The number of aromatic nitrogens is 1. The van der Waals surface area contributed by atoms with E-state index in [4.69, 9.17) is 16.3 Å². The van der Waals surface area contributed by atoms with Gasteiger partial charge in [0.15, 0.2) is 10.7 Å². The van der Waals surface area contributed by atoms with Crippen molar-refractivity contribution in [3.63, 3.8) is 0 Å². The molecule has 1 N–H and O–H groups in total. The predicted octanol–water partition coefficient (Wildman–Crippen LogP) is 2.97. The van der Waals surface area contributed by atoms with E-state index in [2.05, 4.69) is 4.98 Å². The number of rotatable bonds is 7. The largest absolute Gasteiger partial charge is 0.379 e. The molecule has 1 aromatic carbocycles. The number of nitrogens with zero attached hydrogens (tertiary/aromatic N) is 3. The van der Waals surface area contributed by atoms with Gasteiger partial charge in [-0.05, 0) is 26.2 Å². The Hall–Kier alpha value is -2.08. The number of sulfonamides is 1. The van der Waals surface area contributed by atoms with Crippen LogP contribution < -0.4 is 9.62 Å². The molecule has 0 saturated carbocycles. The first-order chi connectivity index (χ1) is 14.5. The Balaban J connectivity index is 1.94. The van der Waals surface area contributed by atoms with Gasteiger partial charge in [-0.15, -0.1) is 0 Å².